The molecule has 4 aromatic heterocycles. The predicted molar refractivity (Wildman–Crippen MR) is 269 cm³/mol. The first-order valence-corrected chi connectivity index (χ1v) is 22.0. The Morgan fingerprint density at radius 2 is 0.578 bits per heavy atom. The van der Waals surface area contributed by atoms with Crippen LogP contribution < -0.4 is 0 Å². The molecule has 14 rings (SSSR count). The van der Waals surface area contributed by atoms with E-state index in [2.05, 4.69) is 249 Å². The Labute approximate surface area is 368 Å². The molecule has 0 amide bonds. The lowest BCUT2D eigenvalue weighted by molar-refractivity contribution is 1.16. The Morgan fingerprint density at radius 3 is 1.12 bits per heavy atom. The summed E-state index contributed by atoms with van der Waals surface area (Å²) in [5.74, 6) is 0. The average molecular weight is 815 g/mol. The maximum Gasteiger partial charge on any atom is 0.0562 e. The Hall–Kier alpha value is -8.60. The smallest absolute Gasteiger partial charge is 0.0562 e. The Balaban J connectivity index is 0.965. The summed E-state index contributed by atoms with van der Waals surface area (Å²) in [6.45, 7) is 0. The molecule has 4 nitrogen and oxygen atoms in total. The maximum atomic E-state index is 2.49. The normalized spacial score (nSPS) is 12.1. The van der Waals surface area contributed by atoms with Crippen LogP contribution in [0.15, 0.2) is 231 Å². The molecule has 0 bridgehead atoms. The van der Waals surface area contributed by atoms with Crippen LogP contribution in [0, 0.1) is 0 Å². The first kappa shape index (κ1) is 35.0. The minimum atomic E-state index is 1.14. The summed E-state index contributed by atoms with van der Waals surface area (Å²) >= 11 is 0. The van der Waals surface area contributed by atoms with Crippen LogP contribution in [0.4, 0.5) is 0 Å². The molecule has 0 aliphatic heterocycles. The molecule has 4 heterocycles. The molecular weight excluding hydrogens is 777 g/mol. The van der Waals surface area contributed by atoms with Crippen LogP contribution in [0.25, 0.3) is 121 Å². The number of para-hydroxylation sites is 6. The molecule has 10 aromatic carbocycles. The molecule has 0 saturated carbocycles. The van der Waals surface area contributed by atoms with Crippen molar-refractivity contribution in [2.45, 2.75) is 0 Å². The van der Waals surface area contributed by atoms with Gasteiger partial charge in [-0.25, -0.2) is 0 Å². The molecule has 64 heavy (non-hydrogen) atoms. The van der Waals surface area contributed by atoms with Gasteiger partial charge in [-0.3, -0.25) is 0 Å². The highest BCUT2D eigenvalue weighted by atomic mass is 15.0. The fourth-order valence-corrected chi connectivity index (χ4v) is 10.8. The van der Waals surface area contributed by atoms with Crippen LogP contribution in [0.5, 0.6) is 0 Å². The van der Waals surface area contributed by atoms with Gasteiger partial charge in [0.1, 0.15) is 0 Å². The van der Waals surface area contributed by atoms with Crippen molar-refractivity contribution in [3.8, 4) is 33.9 Å². The van der Waals surface area contributed by atoms with E-state index in [-0.39, 0.29) is 0 Å². The lowest BCUT2D eigenvalue weighted by Crippen LogP contribution is -1.97. The Kier molecular flexibility index (Phi) is 7.36. The van der Waals surface area contributed by atoms with Crippen molar-refractivity contribution >= 4 is 87.2 Å². The first-order valence-electron chi connectivity index (χ1n) is 22.0. The van der Waals surface area contributed by atoms with E-state index in [9.17, 15) is 0 Å². The maximum absolute atomic E-state index is 2.49. The van der Waals surface area contributed by atoms with Gasteiger partial charge < -0.3 is 18.3 Å². The molecule has 0 spiro atoms. The van der Waals surface area contributed by atoms with Crippen LogP contribution in [-0.4, -0.2) is 18.3 Å². The van der Waals surface area contributed by atoms with E-state index in [1.807, 2.05) is 0 Å². The van der Waals surface area contributed by atoms with Gasteiger partial charge in [-0.05, 0) is 114 Å². The van der Waals surface area contributed by atoms with Gasteiger partial charge in [0.2, 0.25) is 0 Å². The number of benzene rings is 10. The van der Waals surface area contributed by atoms with Gasteiger partial charge in [-0.2, -0.15) is 0 Å². The molecule has 4 heteroatoms. The van der Waals surface area contributed by atoms with E-state index in [4.69, 9.17) is 0 Å². The molecule has 0 atom stereocenters. The Bertz CT molecular complexity index is 4180. The molecule has 0 unspecified atom stereocenters. The summed E-state index contributed by atoms with van der Waals surface area (Å²) in [7, 11) is 0. The summed E-state index contributed by atoms with van der Waals surface area (Å²) in [5.41, 5.74) is 16.6. The van der Waals surface area contributed by atoms with Gasteiger partial charge >= 0.3 is 0 Å². The van der Waals surface area contributed by atoms with Crippen molar-refractivity contribution in [1.82, 2.24) is 18.3 Å². The van der Waals surface area contributed by atoms with Gasteiger partial charge in [0.25, 0.3) is 0 Å². The van der Waals surface area contributed by atoms with Crippen LogP contribution in [0.2, 0.25) is 0 Å². The van der Waals surface area contributed by atoms with E-state index in [0.717, 1.165) is 11.4 Å². The molecule has 298 valence electrons. The highest BCUT2D eigenvalue weighted by Gasteiger charge is 2.22. The molecule has 0 saturated heterocycles. The minimum absolute atomic E-state index is 1.14. The summed E-state index contributed by atoms with van der Waals surface area (Å²) in [6.07, 6.45) is 0. The van der Waals surface area contributed by atoms with E-state index in [0.29, 0.717) is 0 Å². The summed E-state index contributed by atoms with van der Waals surface area (Å²) in [5, 5.41) is 9.92. The predicted octanol–water partition coefficient (Wildman–Crippen LogP) is 15.7. The second-order valence-corrected chi connectivity index (χ2v) is 16.9. The number of hydrogen-bond acceptors (Lipinski definition) is 0. The van der Waals surface area contributed by atoms with E-state index in [1.165, 1.54) is 110 Å². The zero-order valence-electron chi connectivity index (χ0n) is 34.7. The molecule has 14 aromatic rings. The SMILES string of the molecule is c1ccc(-n2c3ccccc3c3cc(-c4ccc5c(c4)c4ccccc4n5-c4cccc5c4c4ccccc4n5-c4ccc5c(c4)c4ccccc4n5-c4ccccc4)ccc32)cc1. The van der Waals surface area contributed by atoms with Gasteiger partial charge in [-0.15, -0.1) is 0 Å². The standard InChI is InChI=1S/C60H38N4/c1-3-16-41(17-4-1)61-51-24-11-7-20-44(51)48-36-39(30-33-55(48)61)40-31-34-57-49(37-40)45-21-9-13-26-53(45)64(57)59-29-15-28-58-60(59)47-23-10-14-27-54(47)63(58)43-32-35-56-50(38-43)46-22-8-12-25-52(46)62(56)42-18-5-2-6-19-42/h1-38H. The van der Waals surface area contributed by atoms with Gasteiger partial charge in [-0.1, -0.05) is 127 Å². The van der Waals surface area contributed by atoms with E-state index >= 15 is 0 Å². The summed E-state index contributed by atoms with van der Waals surface area (Å²) < 4.78 is 9.71. The van der Waals surface area contributed by atoms with Gasteiger partial charge in [0.15, 0.2) is 0 Å². The van der Waals surface area contributed by atoms with E-state index in [1.54, 1.807) is 0 Å². The topological polar surface area (TPSA) is 19.7 Å². The third-order valence-corrected chi connectivity index (χ3v) is 13.5. The van der Waals surface area contributed by atoms with Crippen LogP contribution >= 0.6 is 0 Å². The summed E-state index contributed by atoms with van der Waals surface area (Å²) in [4.78, 5) is 0. The molecule has 0 N–H and O–H groups in total. The molecule has 0 aliphatic carbocycles. The lowest BCUT2D eigenvalue weighted by Gasteiger charge is -2.12. The van der Waals surface area contributed by atoms with Crippen molar-refractivity contribution in [2.24, 2.45) is 0 Å². The highest BCUT2D eigenvalue weighted by Crippen LogP contribution is 2.43. The fraction of sp³-hybridized carbons (Fsp3) is 0. The fourth-order valence-electron chi connectivity index (χ4n) is 10.8. The van der Waals surface area contributed by atoms with Crippen LogP contribution in [0.1, 0.15) is 0 Å². The zero-order valence-corrected chi connectivity index (χ0v) is 34.7. The van der Waals surface area contributed by atoms with Crippen molar-refractivity contribution < 1.29 is 0 Å². The van der Waals surface area contributed by atoms with Crippen molar-refractivity contribution in [3.63, 3.8) is 0 Å². The third kappa shape index (κ3) is 4.93. The summed E-state index contributed by atoms with van der Waals surface area (Å²) in [6, 6.07) is 84.4. The second kappa shape index (κ2) is 13.4. The molecule has 0 aliphatic rings. The zero-order chi connectivity index (χ0) is 41.9. The quantitative estimate of drug-likeness (QED) is 0.165. The van der Waals surface area contributed by atoms with Gasteiger partial charge in [0, 0.05) is 60.2 Å². The van der Waals surface area contributed by atoms with E-state index < -0.39 is 0 Å². The molecular formula is C60H38N4. The van der Waals surface area contributed by atoms with Gasteiger partial charge in [0.05, 0.1) is 49.8 Å². The second-order valence-electron chi connectivity index (χ2n) is 16.9. The van der Waals surface area contributed by atoms with Crippen molar-refractivity contribution in [3.05, 3.63) is 231 Å². The number of rotatable bonds is 5. The molecule has 0 fully saturated rings. The largest absolute Gasteiger partial charge is 0.309 e. The number of nitrogens with zero attached hydrogens (tertiary/aromatic N) is 4. The average Bonchev–Trinajstić information content (AvgIpc) is 4.09. The number of hydrogen-bond donors (Lipinski definition) is 0. The monoisotopic (exact) mass is 814 g/mol. The van der Waals surface area contributed by atoms with Crippen LogP contribution in [0.3, 0.4) is 0 Å². The number of aromatic nitrogens is 4. The number of fused-ring (bicyclic) bond motifs is 12. The van der Waals surface area contributed by atoms with Crippen molar-refractivity contribution in [2.75, 3.05) is 0 Å². The molecule has 0 radical (unpaired) electrons. The first-order chi connectivity index (χ1) is 31.8. The van der Waals surface area contributed by atoms with Crippen LogP contribution in [-0.2, 0) is 0 Å². The highest BCUT2D eigenvalue weighted by molar-refractivity contribution is 6.18. The minimum Gasteiger partial charge on any atom is -0.309 e. The third-order valence-electron chi connectivity index (χ3n) is 13.5. The Morgan fingerprint density at radius 1 is 0.203 bits per heavy atom. The lowest BCUT2D eigenvalue weighted by atomic mass is 10.0. The van der Waals surface area contributed by atoms with Crippen molar-refractivity contribution in [1.29, 1.82) is 0 Å².